The van der Waals surface area contributed by atoms with Gasteiger partial charge in [-0.15, -0.1) is 0 Å². The maximum absolute atomic E-state index is 13.1. The average Bonchev–Trinajstić information content (AvgIpc) is 2.27. The van der Waals surface area contributed by atoms with Crippen LogP contribution in [-0.2, 0) is 0 Å². The van der Waals surface area contributed by atoms with Gasteiger partial charge in [-0.05, 0) is 18.2 Å². The van der Waals surface area contributed by atoms with Crippen LogP contribution in [0, 0.1) is 5.82 Å². The number of aromatic nitrogens is 2. The summed E-state index contributed by atoms with van der Waals surface area (Å²) in [6.45, 7) is 0. The standard InChI is InChI=1S/C11H6Cl2FN3O/c12-6-1-7(14)3-8(2-6)17-11-9(4-18)10(13)15-5-16-11/h1-5H,(H,15,16,17). The van der Waals surface area contributed by atoms with E-state index < -0.39 is 5.82 Å². The van der Waals surface area contributed by atoms with Crippen molar-refractivity contribution in [2.24, 2.45) is 0 Å². The lowest BCUT2D eigenvalue weighted by Crippen LogP contribution is -2.00. The Morgan fingerprint density at radius 3 is 2.67 bits per heavy atom. The second-order valence-corrected chi connectivity index (χ2v) is 4.12. The molecule has 0 spiro atoms. The summed E-state index contributed by atoms with van der Waals surface area (Å²) in [6.07, 6.45) is 1.71. The fourth-order valence-corrected chi connectivity index (χ4v) is 1.74. The second-order valence-electron chi connectivity index (χ2n) is 3.33. The fraction of sp³-hybridized carbons (Fsp3) is 0. The van der Waals surface area contributed by atoms with Crippen LogP contribution in [0.25, 0.3) is 0 Å². The highest BCUT2D eigenvalue weighted by Gasteiger charge is 2.09. The van der Waals surface area contributed by atoms with Gasteiger partial charge < -0.3 is 5.32 Å². The summed E-state index contributed by atoms with van der Waals surface area (Å²) in [5.41, 5.74) is 0.456. The number of benzene rings is 1. The predicted octanol–water partition coefficient (Wildman–Crippen LogP) is 3.48. The average molecular weight is 286 g/mol. The van der Waals surface area contributed by atoms with Crippen LogP contribution in [-0.4, -0.2) is 16.3 Å². The zero-order valence-electron chi connectivity index (χ0n) is 8.82. The fourth-order valence-electron chi connectivity index (χ4n) is 1.34. The van der Waals surface area contributed by atoms with E-state index in [0.717, 1.165) is 0 Å². The van der Waals surface area contributed by atoms with E-state index in [1.807, 2.05) is 0 Å². The van der Waals surface area contributed by atoms with Gasteiger partial charge in [-0.25, -0.2) is 14.4 Å². The summed E-state index contributed by atoms with van der Waals surface area (Å²) in [5, 5.41) is 3.00. The largest absolute Gasteiger partial charge is 0.339 e. The number of nitrogens with zero attached hydrogens (tertiary/aromatic N) is 2. The number of carbonyl (C=O) groups is 1. The first-order valence-corrected chi connectivity index (χ1v) is 5.54. The molecule has 1 heterocycles. The number of anilines is 2. The van der Waals surface area contributed by atoms with Gasteiger partial charge >= 0.3 is 0 Å². The number of nitrogens with one attached hydrogen (secondary N) is 1. The normalized spacial score (nSPS) is 10.2. The quantitative estimate of drug-likeness (QED) is 0.693. The van der Waals surface area contributed by atoms with Crippen LogP contribution in [0.15, 0.2) is 24.5 Å². The highest BCUT2D eigenvalue weighted by atomic mass is 35.5. The lowest BCUT2D eigenvalue weighted by Gasteiger charge is -2.08. The van der Waals surface area contributed by atoms with E-state index in [2.05, 4.69) is 15.3 Å². The molecule has 1 aromatic carbocycles. The van der Waals surface area contributed by atoms with Crippen molar-refractivity contribution in [2.75, 3.05) is 5.32 Å². The van der Waals surface area contributed by atoms with E-state index in [1.165, 1.54) is 24.5 Å². The molecule has 0 amide bonds. The first kappa shape index (κ1) is 12.7. The molecule has 0 fully saturated rings. The lowest BCUT2D eigenvalue weighted by molar-refractivity contribution is 0.112. The molecule has 18 heavy (non-hydrogen) atoms. The summed E-state index contributed by atoms with van der Waals surface area (Å²) in [7, 11) is 0. The van der Waals surface area contributed by atoms with Crippen LogP contribution in [0.3, 0.4) is 0 Å². The van der Waals surface area contributed by atoms with Gasteiger partial charge in [0.05, 0.1) is 5.56 Å². The van der Waals surface area contributed by atoms with E-state index in [-0.39, 0.29) is 21.6 Å². The molecule has 0 saturated carbocycles. The van der Waals surface area contributed by atoms with Crippen LogP contribution in [0.5, 0.6) is 0 Å². The highest BCUT2D eigenvalue weighted by Crippen LogP contribution is 2.24. The van der Waals surface area contributed by atoms with Gasteiger partial charge in [0.1, 0.15) is 23.1 Å². The third kappa shape index (κ3) is 2.75. The maximum atomic E-state index is 13.1. The Morgan fingerprint density at radius 2 is 2.00 bits per heavy atom. The topological polar surface area (TPSA) is 54.9 Å². The van der Waals surface area contributed by atoms with Crippen LogP contribution in [0.2, 0.25) is 10.2 Å². The molecule has 1 aromatic heterocycles. The second kappa shape index (κ2) is 5.29. The molecule has 0 atom stereocenters. The number of carbonyl (C=O) groups excluding carboxylic acids is 1. The molecule has 4 nitrogen and oxygen atoms in total. The van der Waals surface area contributed by atoms with Gasteiger partial charge in [0.2, 0.25) is 0 Å². The van der Waals surface area contributed by atoms with Crippen LogP contribution >= 0.6 is 23.2 Å². The molecular weight excluding hydrogens is 280 g/mol. The summed E-state index contributed by atoms with van der Waals surface area (Å²) in [5.74, 6) is -0.315. The predicted molar refractivity (Wildman–Crippen MR) is 67.1 cm³/mol. The number of aldehydes is 1. The molecule has 0 aliphatic rings. The molecule has 0 bridgehead atoms. The maximum Gasteiger partial charge on any atom is 0.156 e. The van der Waals surface area contributed by atoms with Crippen molar-refractivity contribution in [3.63, 3.8) is 0 Å². The van der Waals surface area contributed by atoms with Gasteiger partial charge in [-0.3, -0.25) is 4.79 Å². The van der Waals surface area contributed by atoms with E-state index in [1.54, 1.807) is 0 Å². The molecule has 92 valence electrons. The number of hydrogen-bond donors (Lipinski definition) is 1. The Bertz CT molecular complexity index is 587. The number of halogens is 3. The molecular formula is C11H6Cl2FN3O. The van der Waals surface area contributed by atoms with Crippen molar-refractivity contribution in [3.8, 4) is 0 Å². The molecule has 0 radical (unpaired) electrons. The van der Waals surface area contributed by atoms with Gasteiger partial charge in [-0.1, -0.05) is 23.2 Å². The van der Waals surface area contributed by atoms with E-state index in [9.17, 15) is 9.18 Å². The van der Waals surface area contributed by atoms with E-state index in [0.29, 0.717) is 12.0 Å². The smallest absolute Gasteiger partial charge is 0.156 e. The van der Waals surface area contributed by atoms with Gasteiger partial charge in [-0.2, -0.15) is 0 Å². The van der Waals surface area contributed by atoms with Crippen LogP contribution in [0.4, 0.5) is 15.9 Å². The van der Waals surface area contributed by atoms with E-state index in [4.69, 9.17) is 23.2 Å². The minimum Gasteiger partial charge on any atom is -0.339 e. The molecule has 1 N–H and O–H groups in total. The zero-order valence-corrected chi connectivity index (χ0v) is 10.3. The summed E-state index contributed by atoms with van der Waals surface area (Å²) in [6, 6.07) is 3.88. The Kier molecular flexibility index (Phi) is 3.74. The third-order valence-electron chi connectivity index (χ3n) is 2.08. The summed E-state index contributed by atoms with van der Waals surface area (Å²) >= 11 is 11.4. The SMILES string of the molecule is O=Cc1c(Cl)ncnc1Nc1cc(F)cc(Cl)c1. The summed E-state index contributed by atoms with van der Waals surface area (Å²) < 4.78 is 13.1. The molecule has 0 saturated heterocycles. The number of rotatable bonds is 3. The molecule has 0 aliphatic carbocycles. The molecule has 0 unspecified atom stereocenters. The Morgan fingerprint density at radius 1 is 1.22 bits per heavy atom. The Hall–Kier alpha value is -1.72. The summed E-state index contributed by atoms with van der Waals surface area (Å²) in [4.78, 5) is 18.4. The first-order chi connectivity index (χ1) is 8.60. The monoisotopic (exact) mass is 285 g/mol. The Balaban J connectivity index is 2.39. The number of hydrogen-bond acceptors (Lipinski definition) is 4. The van der Waals surface area contributed by atoms with Gasteiger partial charge in [0, 0.05) is 10.7 Å². The van der Waals surface area contributed by atoms with E-state index >= 15 is 0 Å². The van der Waals surface area contributed by atoms with Crippen molar-refractivity contribution >= 4 is 41.0 Å². The first-order valence-electron chi connectivity index (χ1n) is 4.79. The van der Waals surface area contributed by atoms with Crippen molar-refractivity contribution in [1.82, 2.24) is 9.97 Å². The molecule has 0 aliphatic heterocycles. The van der Waals surface area contributed by atoms with Crippen LogP contribution < -0.4 is 5.32 Å². The van der Waals surface area contributed by atoms with Crippen molar-refractivity contribution in [2.45, 2.75) is 0 Å². The van der Waals surface area contributed by atoms with Crippen molar-refractivity contribution in [1.29, 1.82) is 0 Å². The highest BCUT2D eigenvalue weighted by molar-refractivity contribution is 6.32. The van der Waals surface area contributed by atoms with Gasteiger partial charge in [0.15, 0.2) is 6.29 Å². The van der Waals surface area contributed by atoms with Crippen molar-refractivity contribution < 1.29 is 9.18 Å². The minimum atomic E-state index is -0.502. The molecule has 7 heteroatoms. The minimum absolute atomic E-state index is 0.0185. The van der Waals surface area contributed by atoms with Gasteiger partial charge in [0.25, 0.3) is 0 Å². The van der Waals surface area contributed by atoms with Crippen molar-refractivity contribution in [3.05, 3.63) is 46.1 Å². The zero-order chi connectivity index (χ0) is 13.1. The van der Waals surface area contributed by atoms with Crippen LogP contribution in [0.1, 0.15) is 10.4 Å². The third-order valence-corrected chi connectivity index (χ3v) is 2.60. The molecule has 2 aromatic rings. The Labute approximate surface area is 112 Å². The lowest BCUT2D eigenvalue weighted by atomic mass is 10.3. The molecule has 2 rings (SSSR count).